The first-order valence-corrected chi connectivity index (χ1v) is 13.5. The first-order valence-electron chi connectivity index (χ1n) is 12.0. The van der Waals surface area contributed by atoms with E-state index in [1.165, 1.54) is 29.2 Å². The molecule has 0 spiro atoms. The molecule has 2 amide bonds. The van der Waals surface area contributed by atoms with Crippen LogP contribution in [0.2, 0.25) is 0 Å². The molecule has 0 aliphatic rings. The number of halogens is 1. The van der Waals surface area contributed by atoms with Gasteiger partial charge in [-0.3, -0.25) is 14.6 Å². The van der Waals surface area contributed by atoms with Crippen LogP contribution in [0.5, 0.6) is 0 Å². The second-order valence-corrected chi connectivity index (χ2v) is 10.3. The van der Waals surface area contributed by atoms with Crippen molar-refractivity contribution in [1.29, 1.82) is 0 Å². The third-order valence-electron chi connectivity index (χ3n) is 5.80. The lowest BCUT2D eigenvalue weighted by molar-refractivity contribution is -0.140. The molecule has 1 unspecified atom stereocenters. The average molecular weight is 527 g/mol. The maximum atomic E-state index is 13.4. The van der Waals surface area contributed by atoms with Gasteiger partial charge in [0.25, 0.3) is 0 Å². The number of carbonyl (C=O) groups is 2. The standard InChI is InChI=1S/C27H31FN4O4S/c1-3-31-37(35,36)25-14-9-21(10-15-25)11-16-26(33)32(19-22-7-12-23(28)13-8-22)20(2)27(34)30-18-24-6-4-5-17-29-24/h4-10,12-15,17,20,31H,3,11,16,18-19H2,1-2H3,(H,30,34). The number of carbonyl (C=O) groups excluding carboxylic acids is 2. The number of pyridine rings is 1. The van der Waals surface area contributed by atoms with E-state index < -0.39 is 16.1 Å². The van der Waals surface area contributed by atoms with Gasteiger partial charge in [0, 0.05) is 25.7 Å². The van der Waals surface area contributed by atoms with E-state index in [9.17, 15) is 22.4 Å². The van der Waals surface area contributed by atoms with E-state index in [-0.39, 0.29) is 48.6 Å². The zero-order chi connectivity index (χ0) is 26.8. The predicted molar refractivity (Wildman–Crippen MR) is 138 cm³/mol. The molecule has 0 saturated heterocycles. The van der Waals surface area contributed by atoms with Crippen molar-refractivity contribution in [2.24, 2.45) is 0 Å². The van der Waals surface area contributed by atoms with Gasteiger partial charge >= 0.3 is 0 Å². The van der Waals surface area contributed by atoms with Crippen LogP contribution in [0.1, 0.15) is 37.1 Å². The monoisotopic (exact) mass is 526 g/mol. The van der Waals surface area contributed by atoms with Gasteiger partial charge in [-0.05, 0) is 60.9 Å². The highest BCUT2D eigenvalue weighted by Crippen LogP contribution is 2.16. The van der Waals surface area contributed by atoms with Gasteiger partial charge in [0.1, 0.15) is 11.9 Å². The Hall–Kier alpha value is -3.63. The second kappa shape index (κ2) is 13.1. The Morgan fingerprint density at radius 2 is 1.68 bits per heavy atom. The number of benzene rings is 2. The summed E-state index contributed by atoms with van der Waals surface area (Å²) in [5, 5.41) is 2.82. The molecule has 196 valence electrons. The summed E-state index contributed by atoms with van der Waals surface area (Å²) in [6.07, 6.45) is 2.11. The van der Waals surface area contributed by atoms with Gasteiger partial charge in [-0.1, -0.05) is 37.3 Å². The van der Waals surface area contributed by atoms with Crippen molar-refractivity contribution in [3.05, 3.63) is 95.6 Å². The SMILES string of the molecule is CCNS(=O)(=O)c1ccc(CCC(=O)N(Cc2ccc(F)cc2)C(C)C(=O)NCc2ccccn2)cc1. The molecule has 0 fully saturated rings. The topological polar surface area (TPSA) is 108 Å². The summed E-state index contributed by atoms with van der Waals surface area (Å²) in [4.78, 5) is 32.0. The van der Waals surface area contributed by atoms with E-state index in [4.69, 9.17) is 0 Å². The minimum absolute atomic E-state index is 0.109. The molecule has 3 aromatic rings. The molecule has 0 aliphatic heterocycles. The number of aryl methyl sites for hydroxylation is 1. The summed E-state index contributed by atoms with van der Waals surface area (Å²) in [5.41, 5.74) is 2.17. The van der Waals surface area contributed by atoms with Crippen LogP contribution in [0.15, 0.2) is 77.8 Å². The maximum Gasteiger partial charge on any atom is 0.242 e. The summed E-state index contributed by atoms with van der Waals surface area (Å²) < 4.78 is 40.1. The molecular formula is C27H31FN4O4S. The van der Waals surface area contributed by atoms with Crippen LogP contribution in [-0.2, 0) is 39.1 Å². The highest BCUT2D eigenvalue weighted by molar-refractivity contribution is 7.89. The largest absolute Gasteiger partial charge is 0.349 e. The van der Waals surface area contributed by atoms with Crippen molar-refractivity contribution in [3.8, 4) is 0 Å². The molecular weight excluding hydrogens is 495 g/mol. The molecule has 8 nitrogen and oxygen atoms in total. The molecule has 1 heterocycles. The van der Waals surface area contributed by atoms with Crippen molar-refractivity contribution in [2.45, 2.75) is 50.7 Å². The number of nitrogens with one attached hydrogen (secondary N) is 2. The zero-order valence-corrected chi connectivity index (χ0v) is 21.7. The van der Waals surface area contributed by atoms with Crippen LogP contribution in [0.4, 0.5) is 4.39 Å². The van der Waals surface area contributed by atoms with Crippen molar-refractivity contribution in [2.75, 3.05) is 6.54 Å². The Balaban J connectivity index is 1.69. The van der Waals surface area contributed by atoms with E-state index >= 15 is 0 Å². The number of rotatable bonds is 12. The number of sulfonamides is 1. The van der Waals surface area contributed by atoms with Gasteiger partial charge < -0.3 is 10.2 Å². The normalized spacial score (nSPS) is 12.1. The lowest BCUT2D eigenvalue weighted by atomic mass is 10.1. The van der Waals surface area contributed by atoms with Crippen LogP contribution < -0.4 is 10.0 Å². The van der Waals surface area contributed by atoms with Crippen LogP contribution in [0.25, 0.3) is 0 Å². The van der Waals surface area contributed by atoms with Crippen molar-refractivity contribution in [1.82, 2.24) is 19.9 Å². The third kappa shape index (κ3) is 8.19. The minimum atomic E-state index is -3.56. The van der Waals surface area contributed by atoms with Gasteiger partial charge in [0.15, 0.2) is 0 Å². The van der Waals surface area contributed by atoms with E-state index in [1.807, 2.05) is 6.07 Å². The van der Waals surface area contributed by atoms with Gasteiger partial charge in [0.2, 0.25) is 21.8 Å². The summed E-state index contributed by atoms with van der Waals surface area (Å²) >= 11 is 0. The molecule has 1 atom stereocenters. The fraction of sp³-hybridized carbons (Fsp3) is 0.296. The predicted octanol–water partition coefficient (Wildman–Crippen LogP) is 3.19. The highest BCUT2D eigenvalue weighted by Gasteiger charge is 2.26. The molecule has 0 saturated carbocycles. The molecule has 37 heavy (non-hydrogen) atoms. The van der Waals surface area contributed by atoms with Gasteiger partial charge in [-0.15, -0.1) is 0 Å². The molecule has 10 heteroatoms. The van der Waals surface area contributed by atoms with Crippen molar-refractivity contribution < 1.29 is 22.4 Å². The molecule has 2 aromatic carbocycles. The van der Waals surface area contributed by atoms with E-state index in [2.05, 4.69) is 15.0 Å². The summed E-state index contributed by atoms with van der Waals surface area (Å²) in [7, 11) is -3.56. The number of aromatic nitrogens is 1. The highest BCUT2D eigenvalue weighted by atomic mass is 32.2. The molecule has 0 aliphatic carbocycles. The van der Waals surface area contributed by atoms with Gasteiger partial charge in [0.05, 0.1) is 17.1 Å². The van der Waals surface area contributed by atoms with Crippen LogP contribution in [-0.4, -0.2) is 42.7 Å². The van der Waals surface area contributed by atoms with Gasteiger partial charge in [-0.25, -0.2) is 17.5 Å². The van der Waals surface area contributed by atoms with E-state index in [0.29, 0.717) is 17.7 Å². The molecule has 2 N–H and O–H groups in total. The summed E-state index contributed by atoms with van der Waals surface area (Å²) in [6, 6.07) is 16.7. The third-order valence-corrected chi connectivity index (χ3v) is 7.36. The Kier molecular flexibility index (Phi) is 9.87. The fourth-order valence-electron chi connectivity index (χ4n) is 3.70. The molecule has 3 rings (SSSR count). The number of amides is 2. The van der Waals surface area contributed by atoms with Crippen LogP contribution in [0, 0.1) is 5.82 Å². The Morgan fingerprint density at radius 1 is 1.00 bits per heavy atom. The Labute approximate surface area is 217 Å². The van der Waals surface area contributed by atoms with Crippen molar-refractivity contribution >= 4 is 21.8 Å². The quantitative estimate of drug-likeness (QED) is 0.377. The Morgan fingerprint density at radius 3 is 2.30 bits per heavy atom. The lowest BCUT2D eigenvalue weighted by Crippen LogP contribution is -2.47. The lowest BCUT2D eigenvalue weighted by Gasteiger charge is -2.29. The second-order valence-electron chi connectivity index (χ2n) is 8.51. The first-order chi connectivity index (χ1) is 17.7. The zero-order valence-electron chi connectivity index (χ0n) is 20.9. The van der Waals surface area contributed by atoms with Crippen molar-refractivity contribution in [3.63, 3.8) is 0 Å². The maximum absolute atomic E-state index is 13.4. The summed E-state index contributed by atoms with van der Waals surface area (Å²) in [6.45, 7) is 4.00. The molecule has 0 bridgehead atoms. The fourth-order valence-corrected chi connectivity index (χ4v) is 4.74. The van der Waals surface area contributed by atoms with Crippen LogP contribution >= 0.6 is 0 Å². The minimum Gasteiger partial charge on any atom is -0.349 e. The average Bonchev–Trinajstić information content (AvgIpc) is 2.90. The smallest absolute Gasteiger partial charge is 0.242 e. The molecule has 0 radical (unpaired) electrons. The number of hydrogen-bond donors (Lipinski definition) is 2. The van der Waals surface area contributed by atoms with Gasteiger partial charge in [-0.2, -0.15) is 0 Å². The Bertz CT molecular complexity index is 1280. The summed E-state index contributed by atoms with van der Waals surface area (Å²) in [5.74, 6) is -0.976. The number of hydrogen-bond acceptors (Lipinski definition) is 5. The van der Waals surface area contributed by atoms with E-state index in [0.717, 1.165) is 5.56 Å². The van der Waals surface area contributed by atoms with Crippen LogP contribution in [0.3, 0.4) is 0 Å². The molecule has 1 aromatic heterocycles. The van der Waals surface area contributed by atoms with E-state index in [1.54, 1.807) is 56.4 Å². The number of nitrogens with zero attached hydrogens (tertiary/aromatic N) is 2. The first kappa shape index (κ1) is 27.9.